The molecule has 2 saturated heterocycles. The van der Waals surface area contributed by atoms with Gasteiger partial charge in [0.25, 0.3) is 0 Å². The Kier molecular flexibility index (Phi) is 6.12. The van der Waals surface area contributed by atoms with Crippen LogP contribution in [0.3, 0.4) is 0 Å². The van der Waals surface area contributed by atoms with Gasteiger partial charge >= 0.3 is 6.09 Å². The smallest absolute Gasteiger partial charge is 0.407 e. The van der Waals surface area contributed by atoms with Gasteiger partial charge in [0.2, 0.25) is 17.7 Å². The maximum Gasteiger partial charge on any atom is 0.407 e. The van der Waals surface area contributed by atoms with Crippen LogP contribution in [0.2, 0.25) is 0 Å². The molecular weight excluding hydrogens is 378 g/mol. The number of nitrogens with one attached hydrogen (secondary N) is 3. The van der Waals surface area contributed by atoms with Crippen LogP contribution in [0.25, 0.3) is 0 Å². The lowest BCUT2D eigenvalue weighted by Gasteiger charge is -2.41. The Morgan fingerprint density at radius 1 is 1.31 bits per heavy atom. The number of nitrogens with zero attached hydrogens (tertiary/aromatic N) is 2. The minimum Gasteiger partial charge on any atom is -0.465 e. The normalized spacial score (nSPS) is 27.3. The van der Waals surface area contributed by atoms with Crippen molar-refractivity contribution in [1.29, 1.82) is 0 Å². The van der Waals surface area contributed by atoms with Gasteiger partial charge in [0.05, 0.1) is 29.5 Å². The number of aromatic nitrogens is 1. The van der Waals surface area contributed by atoms with Gasteiger partial charge in [0.1, 0.15) is 0 Å². The molecule has 0 saturated carbocycles. The van der Waals surface area contributed by atoms with Crippen LogP contribution >= 0.6 is 0 Å². The maximum atomic E-state index is 12.5. The summed E-state index contributed by atoms with van der Waals surface area (Å²) in [5.41, 5.74) is 0.988. The number of amides is 4. The first-order chi connectivity index (χ1) is 13.7. The number of carboxylic acid groups (broad SMARTS) is 1. The van der Waals surface area contributed by atoms with Gasteiger partial charge in [-0.25, -0.2) is 4.79 Å². The zero-order chi connectivity index (χ0) is 21.1. The minimum absolute atomic E-state index is 0.0160. The van der Waals surface area contributed by atoms with Gasteiger partial charge in [-0.1, -0.05) is 0 Å². The Labute approximate surface area is 168 Å². The van der Waals surface area contributed by atoms with E-state index >= 15 is 0 Å². The summed E-state index contributed by atoms with van der Waals surface area (Å²) in [7, 11) is 0. The molecule has 3 rings (SSSR count). The third-order valence-corrected chi connectivity index (χ3v) is 5.30. The largest absolute Gasteiger partial charge is 0.465 e. The van der Waals surface area contributed by atoms with E-state index in [1.54, 1.807) is 12.1 Å². The molecule has 4 atom stereocenters. The number of imide groups is 1. The molecule has 0 bridgehead atoms. The third kappa shape index (κ3) is 4.89. The first kappa shape index (κ1) is 20.7. The highest BCUT2D eigenvalue weighted by Crippen LogP contribution is 2.24. The molecule has 1 aromatic heterocycles. The van der Waals surface area contributed by atoms with Gasteiger partial charge < -0.3 is 20.6 Å². The average molecular weight is 403 g/mol. The third-order valence-electron chi connectivity index (χ3n) is 5.30. The first-order valence-electron chi connectivity index (χ1n) is 9.59. The number of piperazine rings is 1. The number of rotatable bonds is 4. The number of piperidine rings is 1. The van der Waals surface area contributed by atoms with E-state index < -0.39 is 18.1 Å². The summed E-state index contributed by atoms with van der Waals surface area (Å²) in [5, 5.41) is 17.7. The van der Waals surface area contributed by atoms with Crippen molar-refractivity contribution >= 4 is 29.5 Å². The molecule has 0 aliphatic carbocycles. The average Bonchev–Trinajstić information content (AvgIpc) is 2.64. The second-order valence-electron chi connectivity index (χ2n) is 7.59. The number of carbonyl (C=O) groups is 4. The van der Waals surface area contributed by atoms with Gasteiger partial charge in [0, 0.05) is 31.5 Å². The van der Waals surface area contributed by atoms with Crippen LogP contribution in [0.5, 0.6) is 0 Å². The van der Waals surface area contributed by atoms with Gasteiger partial charge in [-0.2, -0.15) is 0 Å². The lowest BCUT2D eigenvalue weighted by atomic mass is 9.94. The number of hydrogen-bond acceptors (Lipinski definition) is 6. The molecule has 0 spiro atoms. The predicted molar refractivity (Wildman–Crippen MR) is 103 cm³/mol. The van der Waals surface area contributed by atoms with E-state index in [0.29, 0.717) is 24.3 Å². The molecule has 0 radical (unpaired) electrons. The lowest BCUT2D eigenvalue weighted by Crippen LogP contribution is -2.62. The fourth-order valence-corrected chi connectivity index (χ4v) is 3.88. The van der Waals surface area contributed by atoms with Crippen molar-refractivity contribution in [2.24, 2.45) is 0 Å². The number of anilines is 1. The van der Waals surface area contributed by atoms with Gasteiger partial charge in [-0.15, -0.1) is 0 Å². The Bertz CT molecular complexity index is 812. The fourth-order valence-electron chi connectivity index (χ4n) is 3.88. The van der Waals surface area contributed by atoms with E-state index in [9.17, 15) is 24.3 Å². The second-order valence-corrected chi connectivity index (χ2v) is 7.59. The summed E-state index contributed by atoms with van der Waals surface area (Å²) < 4.78 is 0. The highest BCUT2D eigenvalue weighted by molar-refractivity contribution is 6.00. The molecule has 10 nitrogen and oxygen atoms in total. The van der Waals surface area contributed by atoms with Crippen LogP contribution in [0.1, 0.15) is 44.7 Å². The molecular formula is C19H25N5O5. The van der Waals surface area contributed by atoms with E-state index in [2.05, 4.69) is 20.9 Å². The van der Waals surface area contributed by atoms with Crippen molar-refractivity contribution in [2.75, 3.05) is 11.9 Å². The van der Waals surface area contributed by atoms with E-state index in [1.807, 2.05) is 13.8 Å². The van der Waals surface area contributed by atoms with Crippen LogP contribution in [-0.2, 0) is 14.4 Å². The van der Waals surface area contributed by atoms with Crippen LogP contribution in [0, 0.1) is 0 Å². The van der Waals surface area contributed by atoms with Gasteiger partial charge in [-0.3, -0.25) is 24.7 Å². The maximum absolute atomic E-state index is 12.5. The zero-order valence-electron chi connectivity index (χ0n) is 16.3. The van der Waals surface area contributed by atoms with E-state index in [0.717, 1.165) is 0 Å². The van der Waals surface area contributed by atoms with Crippen molar-refractivity contribution in [3.05, 3.63) is 24.0 Å². The second kappa shape index (κ2) is 8.56. The highest BCUT2D eigenvalue weighted by Gasteiger charge is 2.36. The Hall–Kier alpha value is -3.01. The topological polar surface area (TPSA) is 141 Å². The Morgan fingerprint density at radius 2 is 2.07 bits per heavy atom. The monoisotopic (exact) mass is 403 g/mol. The van der Waals surface area contributed by atoms with Crippen molar-refractivity contribution in [3.63, 3.8) is 0 Å². The molecule has 3 heterocycles. The summed E-state index contributed by atoms with van der Waals surface area (Å²) in [5.74, 6) is -1.46. The van der Waals surface area contributed by atoms with Crippen LogP contribution in [0.4, 0.5) is 10.5 Å². The van der Waals surface area contributed by atoms with Crippen molar-refractivity contribution in [1.82, 2.24) is 20.5 Å². The van der Waals surface area contributed by atoms with Crippen LogP contribution < -0.4 is 16.0 Å². The molecule has 4 N–H and O–H groups in total. The molecule has 2 fully saturated rings. The van der Waals surface area contributed by atoms with Gasteiger partial charge in [0.15, 0.2) is 0 Å². The predicted octanol–water partition coefficient (Wildman–Crippen LogP) is 0.659. The Morgan fingerprint density at radius 3 is 2.69 bits per heavy atom. The summed E-state index contributed by atoms with van der Waals surface area (Å²) >= 11 is 0. The number of carbonyl (C=O) groups excluding carboxylic acids is 3. The molecule has 4 amide bonds. The first-order valence-corrected chi connectivity index (χ1v) is 9.59. The van der Waals surface area contributed by atoms with Crippen LogP contribution in [-0.4, -0.2) is 63.5 Å². The lowest BCUT2D eigenvalue weighted by molar-refractivity contribution is -0.134. The van der Waals surface area contributed by atoms with E-state index in [-0.39, 0.29) is 42.6 Å². The molecule has 2 aliphatic heterocycles. The SMILES string of the molecule is CC1CN(C(=O)O)C(CC(=O)Nc2ccc(C3CCC(=O)NC3=O)nc2)C(C)N1. The highest BCUT2D eigenvalue weighted by atomic mass is 16.4. The van der Waals surface area contributed by atoms with Crippen molar-refractivity contribution in [2.45, 2.75) is 57.2 Å². The van der Waals surface area contributed by atoms with Crippen molar-refractivity contribution in [3.8, 4) is 0 Å². The quantitative estimate of drug-likeness (QED) is 0.541. The summed E-state index contributed by atoms with van der Waals surface area (Å²) in [4.78, 5) is 52.7. The molecule has 4 unspecified atom stereocenters. The van der Waals surface area contributed by atoms with E-state index in [4.69, 9.17) is 0 Å². The minimum atomic E-state index is -1.04. The molecule has 10 heteroatoms. The standard InChI is InChI=1S/C19H25N5O5/c1-10-9-24(19(28)29)15(11(2)21-10)7-17(26)22-12-3-5-14(20-8-12)13-4-6-16(25)23-18(13)27/h3,5,8,10-11,13,15,21H,4,6-7,9H2,1-2H3,(H,22,26)(H,28,29)(H,23,25,27). The van der Waals surface area contributed by atoms with Crippen LogP contribution in [0.15, 0.2) is 18.3 Å². The number of pyridine rings is 1. The number of hydrogen-bond donors (Lipinski definition) is 4. The summed E-state index contributed by atoms with van der Waals surface area (Å²) in [6.07, 6.45) is 1.10. The molecule has 29 heavy (non-hydrogen) atoms. The fraction of sp³-hybridized carbons (Fsp3) is 0.526. The molecule has 156 valence electrons. The zero-order valence-corrected chi connectivity index (χ0v) is 16.3. The van der Waals surface area contributed by atoms with Crippen molar-refractivity contribution < 1.29 is 24.3 Å². The molecule has 2 aliphatic rings. The van der Waals surface area contributed by atoms with E-state index in [1.165, 1.54) is 11.1 Å². The summed E-state index contributed by atoms with van der Waals surface area (Å²) in [6, 6.07) is 2.67. The summed E-state index contributed by atoms with van der Waals surface area (Å²) in [6.45, 7) is 4.08. The molecule has 1 aromatic rings. The van der Waals surface area contributed by atoms with Gasteiger partial charge in [-0.05, 0) is 32.4 Å². The molecule has 0 aromatic carbocycles. The Balaban J connectivity index is 1.61.